The molecule has 0 aliphatic carbocycles. The number of hydrogen-bond donors (Lipinski definition) is 0. The Kier molecular flexibility index (Phi) is 5.00. The van der Waals surface area contributed by atoms with E-state index < -0.39 is 21.2 Å². The molecule has 0 radical (unpaired) electrons. The summed E-state index contributed by atoms with van der Waals surface area (Å²) in [6.07, 6.45) is 0. The van der Waals surface area contributed by atoms with Crippen molar-refractivity contribution in [1.82, 2.24) is 4.57 Å². The van der Waals surface area contributed by atoms with Crippen LogP contribution in [0.25, 0.3) is 21.8 Å². The Morgan fingerprint density at radius 3 is 1.64 bits per heavy atom. The Hall–Kier alpha value is -4.25. The summed E-state index contributed by atoms with van der Waals surface area (Å²) < 4.78 is 2.24. The van der Waals surface area contributed by atoms with Crippen LogP contribution in [0.4, 0.5) is 11.4 Å². The summed E-state index contributed by atoms with van der Waals surface area (Å²) >= 11 is 0. The average Bonchev–Trinajstić information content (AvgIpc) is 3.01. The molecule has 0 spiro atoms. The second-order valence-corrected chi connectivity index (χ2v) is 5.96. The number of aryl methyl sites for hydroxylation is 1. The van der Waals surface area contributed by atoms with Crippen molar-refractivity contribution in [2.24, 2.45) is 7.05 Å². The number of nitro benzene ring substituents is 2. The van der Waals surface area contributed by atoms with Crippen molar-refractivity contribution in [2.45, 2.75) is 0 Å². The van der Waals surface area contributed by atoms with Gasteiger partial charge in [-0.15, -0.1) is 0 Å². The number of rotatable bonds is 2. The molecule has 0 fully saturated rings. The van der Waals surface area contributed by atoms with Crippen LogP contribution in [0.5, 0.6) is 0 Å². The van der Waals surface area contributed by atoms with Crippen LogP contribution in [0.1, 0.15) is 5.56 Å². The SMILES string of the molecule is Cn1c2ccccc2c2ccccc21.N#Cc1cc([N+](=O)[O-])cc([N+](=O)[O-])c1. The number of benzene rings is 3. The third-order valence-corrected chi connectivity index (χ3v) is 4.27. The van der Waals surface area contributed by atoms with E-state index in [1.54, 1.807) is 6.07 Å². The molecular weight excluding hydrogens is 360 g/mol. The van der Waals surface area contributed by atoms with Gasteiger partial charge in [-0.25, -0.2) is 0 Å². The van der Waals surface area contributed by atoms with Crippen molar-refractivity contribution in [2.75, 3.05) is 0 Å². The molecule has 0 saturated carbocycles. The fraction of sp³-hybridized carbons (Fsp3) is 0.0500. The molecule has 3 aromatic carbocycles. The molecule has 28 heavy (non-hydrogen) atoms. The van der Waals surface area contributed by atoms with Gasteiger partial charge in [0.2, 0.25) is 0 Å². The minimum absolute atomic E-state index is 0.106. The summed E-state index contributed by atoms with van der Waals surface area (Å²) in [4.78, 5) is 19.1. The summed E-state index contributed by atoms with van der Waals surface area (Å²) in [5, 5.41) is 31.8. The number of fused-ring (bicyclic) bond motifs is 3. The number of nitrogens with zero attached hydrogens (tertiary/aromatic N) is 4. The average molecular weight is 374 g/mol. The predicted molar refractivity (Wildman–Crippen MR) is 105 cm³/mol. The number of nitro groups is 2. The normalized spacial score (nSPS) is 10.1. The molecule has 1 heterocycles. The van der Waals surface area contributed by atoms with Crippen LogP contribution in [-0.2, 0) is 7.05 Å². The molecule has 0 saturated heterocycles. The van der Waals surface area contributed by atoms with E-state index in [0.29, 0.717) is 0 Å². The van der Waals surface area contributed by atoms with Gasteiger partial charge in [0.05, 0.1) is 27.5 Å². The Labute approximate surface area is 159 Å². The van der Waals surface area contributed by atoms with Gasteiger partial charge in [-0.3, -0.25) is 20.2 Å². The summed E-state index contributed by atoms with van der Waals surface area (Å²) in [6, 6.07) is 21.4. The van der Waals surface area contributed by atoms with Crippen LogP contribution in [0.3, 0.4) is 0 Å². The van der Waals surface area contributed by atoms with Crippen LogP contribution in [-0.4, -0.2) is 14.4 Å². The molecule has 0 atom stereocenters. The lowest BCUT2D eigenvalue weighted by atomic mass is 10.2. The van der Waals surface area contributed by atoms with Gasteiger partial charge in [-0.1, -0.05) is 36.4 Å². The van der Waals surface area contributed by atoms with Crippen molar-refractivity contribution in [1.29, 1.82) is 5.26 Å². The lowest BCUT2D eigenvalue weighted by Crippen LogP contribution is -1.93. The van der Waals surface area contributed by atoms with Crippen LogP contribution in [0.2, 0.25) is 0 Å². The molecule has 8 heteroatoms. The van der Waals surface area contributed by atoms with Gasteiger partial charge < -0.3 is 4.57 Å². The highest BCUT2D eigenvalue weighted by atomic mass is 16.6. The van der Waals surface area contributed by atoms with Gasteiger partial charge in [0, 0.05) is 41.0 Å². The van der Waals surface area contributed by atoms with Crippen molar-refractivity contribution in [3.63, 3.8) is 0 Å². The van der Waals surface area contributed by atoms with E-state index in [9.17, 15) is 20.2 Å². The third kappa shape index (κ3) is 3.50. The Bertz CT molecular complexity index is 1170. The monoisotopic (exact) mass is 374 g/mol. The van der Waals surface area contributed by atoms with E-state index in [2.05, 4.69) is 60.1 Å². The minimum atomic E-state index is -0.784. The molecule has 0 bridgehead atoms. The van der Waals surface area contributed by atoms with Crippen LogP contribution >= 0.6 is 0 Å². The van der Waals surface area contributed by atoms with Gasteiger partial charge in [-0.05, 0) is 12.1 Å². The van der Waals surface area contributed by atoms with Gasteiger partial charge in [0.1, 0.15) is 0 Å². The highest BCUT2D eigenvalue weighted by Gasteiger charge is 2.15. The number of nitriles is 1. The van der Waals surface area contributed by atoms with Gasteiger partial charge in [0.25, 0.3) is 11.4 Å². The Morgan fingerprint density at radius 2 is 1.25 bits per heavy atom. The van der Waals surface area contributed by atoms with Crippen molar-refractivity contribution in [3.8, 4) is 6.07 Å². The first-order valence-electron chi connectivity index (χ1n) is 8.18. The van der Waals surface area contributed by atoms with Crippen LogP contribution < -0.4 is 0 Å². The fourth-order valence-corrected chi connectivity index (χ4v) is 2.99. The molecule has 0 amide bonds. The van der Waals surface area contributed by atoms with E-state index in [1.807, 2.05) is 0 Å². The van der Waals surface area contributed by atoms with Crippen molar-refractivity contribution < 1.29 is 9.85 Å². The smallest absolute Gasteiger partial charge is 0.277 e. The first kappa shape index (κ1) is 18.5. The van der Waals surface area contributed by atoms with Gasteiger partial charge >= 0.3 is 0 Å². The highest BCUT2D eigenvalue weighted by Crippen LogP contribution is 2.27. The zero-order valence-electron chi connectivity index (χ0n) is 14.8. The van der Waals surface area contributed by atoms with Crippen LogP contribution in [0.15, 0.2) is 66.7 Å². The maximum Gasteiger partial charge on any atom is 0.277 e. The summed E-state index contributed by atoms with van der Waals surface area (Å²) in [5.41, 5.74) is 1.57. The molecule has 4 rings (SSSR count). The summed E-state index contributed by atoms with van der Waals surface area (Å²) in [6.45, 7) is 0. The van der Waals surface area contributed by atoms with Crippen molar-refractivity contribution in [3.05, 3.63) is 92.5 Å². The second-order valence-electron chi connectivity index (χ2n) is 5.96. The summed E-state index contributed by atoms with van der Waals surface area (Å²) in [7, 11) is 2.12. The number of para-hydroxylation sites is 2. The zero-order valence-corrected chi connectivity index (χ0v) is 14.8. The lowest BCUT2D eigenvalue weighted by Gasteiger charge is -1.95. The topological polar surface area (TPSA) is 115 Å². The van der Waals surface area contributed by atoms with E-state index >= 15 is 0 Å². The second kappa shape index (κ2) is 7.55. The van der Waals surface area contributed by atoms with E-state index in [1.165, 1.54) is 21.8 Å². The molecule has 8 nitrogen and oxygen atoms in total. The molecule has 1 aromatic heterocycles. The Balaban J connectivity index is 0.000000161. The van der Waals surface area contributed by atoms with E-state index in [0.717, 1.165) is 18.2 Å². The zero-order chi connectivity index (χ0) is 20.3. The molecule has 4 aromatic rings. The maximum atomic E-state index is 10.3. The number of aromatic nitrogens is 1. The predicted octanol–water partition coefficient (Wildman–Crippen LogP) is 4.71. The molecule has 138 valence electrons. The Morgan fingerprint density at radius 1 is 0.821 bits per heavy atom. The van der Waals surface area contributed by atoms with E-state index in [-0.39, 0.29) is 5.56 Å². The number of hydrogen-bond acceptors (Lipinski definition) is 5. The quantitative estimate of drug-likeness (QED) is 0.372. The molecule has 0 aliphatic heterocycles. The first-order valence-corrected chi connectivity index (χ1v) is 8.18. The molecule has 0 N–H and O–H groups in total. The summed E-state index contributed by atoms with van der Waals surface area (Å²) in [5.74, 6) is 0. The number of non-ortho nitro benzene ring substituents is 2. The largest absolute Gasteiger partial charge is 0.344 e. The lowest BCUT2D eigenvalue weighted by molar-refractivity contribution is -0.394. The minimum Gasteiger partial charge on any atom is -0.344 e. The molecular formula is C20H14N4O4. The first-order chi connectivity index (χ1) is 13.4. The standard InChI is InChI=1S/C13H11N.C7H3N3O4/c1-14-12-8-4-2-6-10(12)11-7-3-5-9-13(11)14;8-4-5-1-6(9(11)12)3-7(2-5)10(13)14/h2-9H,1H3;1-3H. The third-order valence-electron chi connectivity index (χ3n) is 4.27. The highest BCUT2D eigenvalue weighted by molar-refractivity contribution is 6.07. The van der Waals surface area contributed by atoms with E-state index in [4.69, 9.17) is 5.26 Å². The van der Waals surface area contributed by atoms with Gasteiger partial charge in [0.15, 0.2) is 0 Å². The fourth-order valence-electron chi connectivity index (χ4n) is 2.99. The maximum absolute atomic E-state index is 10.3. The van der Waals surface area contributed by atoms with Crippen LogP contribution in [0, 0.1) is 31.6 Å². The molecule has 0 unspecified atom stereocenters. The van der Waals surface area contributed by atoms with Gasteiger partial charge in [-0.2, -0.15) is 5.26 Å². The molecule has 0 aliphatic rings. The van der Waals surface area contributed by atoms with Crippen molar-refractivity contribution >= 4 is 33.2 Å².